The fourth-order valence-electron chi connectivity index (χ4n) is 3.96. The molecule has 0 aliphatic carbocycles. The smallest absolute Gasteiger partial charge is 0.251 e. The van der Waals surface area contributed by atoms with E-state index in [0.29, 0.717) is 23.4 Å². The molecule has 0 unspecified atom stereocenters. The van der Waals surface area contributed by atoms with Crippen molar-refractivity contribution in [1.82, 2.24) is 15.3 Å². The Morgan fingerprint density at radius 1 is 1.12 bits per heavy atom. The van der Waals surface area contributed by atoms with Gasteiger partial charge in [0.1, 0.15) is 0 Å². The van der Waals surface area contributed by atoms with Crippen LogP contribution in [0.25, 0.3) is 22.2 Å². The molecule has 1 N–H and O–H groups in total. The van der Waals surface area contributed by atoms with Gasteiger partial charge in [-0.3, -0.25) is 9.78 Å². The van der Waals surface area contributed by atoms with Crippen LogP contribution in [0.15, 0.2) is 72.9 Å². The van der Waals surface area contributed by atoms with Crippen LogP contribution in [0.5, 0.6) is 0 Å². The van der Waals surface area contributed by atoms with E-state index in [9.17, 15) is 9.18 Å². The summed E-state index contributed by atoms with van der Waals surface area (Å²) in [5, 5.41) is 3.81. The molecule has 2 aromatic heterocycles. The summed E-state index contributed by atoms with van der Waals surface area (Å²) in [6, 6.07) is 20.9. The van der Waals surface area contributed by atoms with Crippen LogP contribution < -0.4 is 5.32 Å². The molecule has 0 fully saturated rings. The van der Waals surface area contributed by atoms with Crippen LogP contribution in [0.4, 0.5) is 4.39 Å². The molecular formula is C26H22FN3O2. The number of pyridine rings is 2. The van der Waals surface area contributed by atoms with E-state index < -0.39 is 5.67 Å². The van der Waals surface area contributed by atoms with E-state index in [-0.39, 0.29) is 19.1 Å². The summed E-state index contributed by atoms with van der Waals surface area (Å²) in [6.45, 7) is 2.07. The Hall–Kier alpha value is -3.64. The van der Waals surface area contributed by atoms with Gasteiger partial charge in [0.25, 0.3) is 5.91 Å². The largest absolute Gasteiger partial charge is 0.373 e. The summed E-state index contributed by atoms with van der Waals surface area (Å²) in [5.41, 5.74) is 3.53. The Morgan fingerprint density at radius 2 is 1.97 bits per heavy atom. The highest BCUT2D eigenvalue weighted by molar-refractivity contribution is 5.94. The molecule has 2 aromatic carbocycles. The van der Waals surface area contributed by atoms with Gasteiger partial charge in [-0.1, -0.05) is 36.4 Å². The van der Waals surface area contributed by atoms with Gasteiger partial charge in [0.15, 0.2) is 5.67 Å². The van der Waals surface area contributed by atoms with E-state index in [4.69, 9.17) is 9.72 Å². The molecule has 3 heterocycles. The van der Waals surface area contributed by atoms with Crippen molar-refractivity contribution in [3.63, 3.8) is 0 Å². The maximum atomic E-state index is 14.8. The fraction of sp³-hybridized carbons (Fsp3) is 0.192. The lowest BCUT2D eigenvalue weighted by molar-refractivity contribution is -0.00467. The van der Waals surface area contributed by atoms with Crippen LogP contribution in [-0.2, 0) is 23.6 Å². The number of carbonyl (C=O) groups is 1. The van der Waals surface area contributed by atoms with Gasteiger partial charge in [-0.25, -0.2) is 9.37 Å². The zero-order valence-corrected chi connectivity index (χ0v) is 17.6. The Bertz CT molecular complexity index is 1310. The van der Waals surface area contributed by atoms with Crippen molar-refractivity contribution in [2.45, 2.75) is 25.7 Å². The first-order valence-corrected chi connectivity index (χ1v) is 10.5. The van der Waals surface area contributed by atoms with E-state index in [1.165, 1.54) is 6.92 Å². The first kappa shape index (κ1) is 20.3. The second-order valence-corrected chi connectivity index (χ2v) is 8.18. The molecule has 0 saturated heterocycles. The zero-order valence-electron chi connectivity index (χ0n) is 17.6. The van der Waals surface area contributed by atoms with E-state index in [1.807, 2.05) is 48.5 Å². The van der Waals surface area contributed by atoms with Crippen molar-refractivity contribution in [2.24, 2.45) is 0 Å². The topological polar surface area (TPSA) is 64.1 Å². The lowest BCUT2D eigenvalue weighted by atomic mass is 9.90. The Balaban J connectivity index is 1.34. The highest BCUT2D eigenvalue weighted by Gasteiger charge is 2.33. The summed E-state index contributed by atoms with van der Waals surface area (Å²) in [5.74, 6) is -0.275. The number of amides is 1. The molecule has 4 aromatic rings. The van der Waals surface area contributed by atoms with Crippen molar-refractivity contribution in [1.29, 1.82) is 0 Å². The number of nitrogens with zero attached hydrogens (tertiary/aromatic N) is 2. The maximum Gasteiger partial charge on any atom is 0.251 e. The van der Waals surface area contributed by atoms with Gasteiger partial charge in [0.2, 0.25) is 0 Å². The van der Waals surface area contributed by atoms with Gasteiger partial charge in [0, 0.05) is 22.7 Å². The predicted octanol–water partition coefficient (Wildman–Crippen LogP) is 4.94. The standard InChI is InChI=1S/C26H22FN3O2/c1-26(27)16-32-15-20-8-7-18(11-22(20)26)25(31)29-14-21-12-24-19(13-28-21)9-10-23(30-24)17-5-3-2-4-6-17/h2-13H,14-16H2,1H3,(H,29,31)/t26-/m1/s1. The summed E-state index contributed by atoms with van der Waals surface area (Å²) < 4.78 is 20.1. The van der Waals surface area contributed by atoms with Crippen LogP contribution in [-0.4, -0.2) is 22.5 Å². The minimum absolute atomic E-state index is 0.00987. The minimum atomic E-state index is -1.61. The third-order valence-electron chi connectivity index (χ3n) is 5.69. The number of fused-ring (bicyclic) bond motifs is 2. The monoisotopic (exact) mass is 427 g/mol. The number of hydrogen-bond acceptors (Lipinski definition) is 4. The fourth-order valence-corrected chi connectivity index (χ4v) is 3.96. The van der Waals surface area contributed by atoms with E-state index >= 15 is 0 Å². The maximum absolute atomic E-state index is 14.8. The van der Waals surface area contributed by atoms with Crippen LogP contribution in [0.1, 0.15) is 34.1 Å². The van der Waals surface area contributed by atoms with Gasteiger partial charge in [-0.15, -0.1) is 0 Å². The minimum Gasteiger partial charge on any atom is -0.373 e. The van der Waals surface area contributed by atoms with Crippen LogP contribution in [0.3, 0.4) is 0 Å². The number of benzene rings is 2. The molecule has 1 aliphatic rings. The molecule has 0 radical (unpaired) electrons. The second kappa shape index (κ2) is 8.13. The number of alkyl halides is 1. The lowest BCUT2D eigenvalue weighted by Crippen LogP contribution is -2.30. The van der Waals surface area contributed by atoms with Gasteiger partial charge >= 0.3 is 0 Å². The van der Waals surface area contributed by atoms with E-state index in [1.54, 1.807) is 24.4 Å². The molecule has 0 spiro atoms. The summed E-state index contributed by atoms with van der Waals surface area (Å²) >= 11 is 0. The zero-order chi connectivity index (χ0) is 22.1. The number of carbonyl (C=O) groups excluding carboxylic acids is 1. The van der Waals surface area contributed by atoms with E-state index in [2.05, 4.69) is 10.3 Å². The van der Waals surface area contributed by atoms with Gasteiger partial charge in [-0.2, -0.15) is 0 Å². The van der Waals surface area contributed by atoms with Gasteiger partial charge in [0.05, 0.1) is 36.7 Å². The Morgan fingerprint density at radius 3 is 2.81 bits per heavy atom. The molecule has 6 heteroatoms. The predicted molar refractivity (Wildman–Crippen MR) is 121 cm³/mol. The highest BCUT2D eigenvalue weighted by Crippen LogP contribution is 2.34. The van der Waals surface area contributed by atoms with Crippen LogP contribution >= 0.6 is 0 Å². The Labute approximate surface area is 185 Å². The molecule has 32 heavy (non-hydrogen) atoms. The van der Waals surface area contributed by atoms with Crippen molar-refractivity contribution in [2.75, 3.05) is 6.61 Å². The number of halogens is 1. The molecule has 5 rings (SSSR count). The van der Waals surface area contributed by atoms with Gasteiger partial charge in [-0.05, 0) is 48.4 Å². The number of aromatic nitrogens is 2. The number of ether oxygens (including phenoxy) is 1. The van der Waals surface area contributed by atoms with E-state index in [0.717, 1.165) is 27.7 Å². The molecule has 160 valence electrons. The number of nitrogens with one attached hydrogen (secondary N) is 1. The molecule has 5 nitrogen and oxygen atoms in total. The average Bonchev–Trinajstić information content (AvgIpc) is 2.82. The van der Waals surface area contributed by atoms with Crippen molar-refractivity contribution < 1.29 is 13.9 Å². The quantitative estimate of drug-likeness (QED) is 0.501. The Kier molecular flexibility index (Phi) is 5.15. The summed E-state index contributed by atoms with van der Waals surface area (Å²) in [6.07, 6.45) is 1.76. The van der Waals surface area contributed by atoms with Crippen molar-refractivity contribution >= 4 is 16.8 Å². The third kappa shape index (κ3) is 3.97. The van der Waals surface area contributed by atoms with Crippen molar-refractivity contribution in [3.05, 3.63) is 95.3 Å². The van der Waals surface area contributed by atoms with Crippen molar-refractivity contribution in [3.8, 4) is 11.3 Å². The second-order valence-electron chi connectivity index (χ2n) is 8.18. The first-order valence-electron chi connectivity index (χ1n) is 10.5. The molecule has 1 atom stereocenters. The summed E-state index contributed by atoms with van der Waals surface area (Å²) in [7, 11) is 0. The normalized spacial score (nSPS) is 17.7. The SMILES string of the molecule is C[C@@]1(F)COCc2ccc(C(=O)NCc3cc4nc(-c5ccccc5)ccc4cn3)cc21. The highest BCUT2D eigenvalue weighted by atomic mass is 19.1. The van der Waals surface area contributed by atoms with Crippen LogP contribution in [0.2, 0.25) is 0 Å². The molecular weight excluding hydrogens is 405 g/mol. The first-order chi connectivity index (χ1) is 15.5. The molecule has 1 amide bonds. The third-order valence-corrected chi connectivity index (χ3v) is 5.69. The van der Waals surface area contributed by atoms with Crippen LogP contribution in [0, 0.1) is 0 Å². The average molecular weight is 427 g/mol. The number of hydrogen-bond donors (Lipinski definition) is 1. The van der Waals surface area contributed by atoms with Gasteiger partial charge < -0.3 is 10.1 Å². The number of rotatable bonds is 4. The summed E-state index contributed by atoms with van der Waals surface area (Å²) in [4.78, 5) is 21.9. The molecule has 0 bridgehead atoms. The molecule has 1 aliphatic heterocycles. The lowest BCUT2D eigenvalue weighted by Gasteiger charge is -2.29. The molecule has 0 saturated carbocycles.